The monoisotopic (exact) mass is 218 g/mol. The SMILES string of the molecule is CCCC/C=C/C(C)(O)c1cccc(C)c1. The molecule has 0 aliphatic heterocycles. The standard InChI is InChI=1S/C15H22O/c1-4-5-6-7-11-15(3,16)14-10-8-9-13(2)12-14/h7-12,16H,4-6H2,1-3H3/b11-7+. The summed E-state index contributed by atoms with van der Waals surface area (Å²) in [5, 5.41) is 10.3. The molecule has 0 bridgehead atoms. The van der Waals surface area contributed by atoms with Gasteiger partial charge in [-0.2, -0.15) is 0 Å². The summed E-state index contributed by atoms with van der Waals surface area (Å²) in [4.78, 5) is 0. The highest BCUT2D eigenvalue weighted by Gasteiger charge is 2.18. The molecule has 0 spiro atoms. The average molecular weight is 218 g/mol. The normalized spacial score (nSPS) is 15.2. The second kappa shape index (κ2) is 5.86. The van der Waals surface area contributed by atoms with E-state index in [9.17, 15) is 5.11 Å². The Balaban J connectivity index is 2.73. The van der Waals surface area contributed by atoms with E-state index in [2.05, 4.69) is 13.0 Å². The van der Waals surface area contributed by atoms with Crippen molar-refractivity contribution in [1.29, 1.82) is 0 Å². The predicted octanol–water partition coefficient (Wildman–Crippen LogP) is 3.95. The molecule has 1 rings (SSSR count). The van der Waals surface area contributed by atoms with Gasteiger partial charge >= 0.3 is 0 Å². The minimum Gasteiger partial charge on any atom is -0.381 e. The zero-order chi connectivity index (χ0) is 12.0. The Bertz CT molecular complexity index is 350. The molecule has 0 heterocycles. The maximum absolute atomic E-state index is 10.3. The number of benzene rings is 1. The first-order valence-electron chi connectivity index (χ1n) is 6.03. The van der Waals surface area contributed by atoms with Crippen molar-refractivity contribution in [2.24, 2.45) is 0 Å². The van der Waals surface area contributed by atoms with Crippen LogP contribution in [0.15, 0.2) is 36.4 Å². The van der Waals surface area contributed by atoms with Gasteiger partial charge in [0, 0.05) is 0 Å². The van der Waals surface area contributed by atoms with Gasteiger partial charge in [0.1, 0.15) is 5.60 Å². The van der Waals surface area contributed by atoms with Crippen molar-refractivity contribution in [3.8, 4) is 0 Å². The summed E-state index contributed by atoms with van der Waals surface area (Å²) in [6, 6.07) is 8.03. The van der Waals surface area contributed by atoms with Crippen molar-refractivity contribution in [3.05, 3.63) is 47.5 Å². The molecule has 1 heteroatoms. The first kappa shape index (κ1) is 13.0. The van der Waals surface area contributed by atoms with Crippen LogP contribution in [0.25, 0.3) is 0 Å². The molecule has 1 atom stereocenters. The van der Waals surface area contributed by atoms with Crippen LogP contribution >= 0.6 is 0 Å². The third-order valence-electron chi connectivity index (χ3n) is 2.77. The first-order valence-corrected chi connectivity index (χ1v) is 6.03. The lowest BCUT2D eigenvalue weighted by molar-refractivity contribution is 0.111. The quantitative estimate of drug-likeness (QED) is 0.586. The third kappa shape index (κ3) is 3.82. The van der Waals surface area contributed by atoms with E-state index in [4.69, 9.17) is 0 Å². The average Bonchev–Trinajstić information content (AvgIpc) is 2.24. The molecule has 88 valence electrons. The molecular formula is C15H22O. The van der Waals surface area contributed by atoms with Crippen LogP contribution in [0.5, 0.6) is 0 Å². The predicted molar refractivity (Wildman–Crippen MR) is 69.4 cm³/mol. The van der Waals surface area contributed by atoms with E-state index >= 15 is 0 Å². The molecule has 1 aromatic rings. The van der Waals surface area contributed by atoms with Gasteiger partial charge in [-0.15, -0.1) is 0 Å². The van der Waals surface area contributed by atoms with E-state index in [1.807, 2.05) is 44.2 Å². The van der Waals surface area contributed by atoms with E-state index in [0.29, 0.717) is 0 Å². The second-order valence-corrected chi connectivity index (χ2v) is 4.56. The Morgan fingerprint density at radius 2 is 2.12 bits per heavy atom. The Kier molecular flexibility index (Phi) is 4.75. The van der Waals surface area contributed by atoms with E-state index in [1.54, 1.807) is 0 Å². The number of aryl methyl sites for hydroxylation is 1. The van der Waals surface area contributed by atoms with Gasteiger partial charge in [0.25, 0.3) is 0 Å². The Labute approximate surface area is 98.8 Å². The molecule has 1 N–H and O–H groups in total. The summed E-state index contributed by atoms with van der Waals surface area (Å²) in [5.74, 6) is 0. The van der Waals surface area contributed by atoms with Gasteiger partial charge in [-0.25, -0.2) is 0 Å². The fourth-order valence-corrected chi connectivity index (χ4v) is 1.69. The highest BCUT2D eigenvalue weighted by atomic mass is 16.3. The Hall–Kier alpha value is -1.08. The highest BCUT2D eigenvalue weighted by molar-refractivity contribution is 5.30. The summed E-state index contributed by atoms with van der Waals surface area (Å²) in [5.41, 5.74) is 1.29. The fourth-order valence-electron chi connectivity index (χ4n) is 1.69. The topological polar surface area (TPSA) is 20.2 Å². The number of rotatable bonds is 5. The minimum atomic E-state index is -0.847. The molecule has 0 radical (unpaired) electrons. The molecule has 1 nitrogen and oxygen atoms in total. The van der Waals surface area contributed by atoms with Crippen molar-refractivity contribution in [2.45, 2.75) is 45.6 Å². The zero-order valence-electron chi connectivity index (χ0n) is 10.5. The van der Waals surface area contributed by atoms with Gasteiger partial charge in [0.05, 0.1) is 0 Å². The van der Waals surface area contributed by atoms with Crippen LogP contribution in [-0.4, -0.2) is 5.11 Å². The van der Waals surface area contributed by atoms with Gasteiger partial charge in [-0.1, -0.05) is 61.7 Å². The lowest BCUT2D eigenvalue weighted by Crippen LogP contribution is -2.17. The Morgan fingerprint density at radius 1 is 1.38 bits per heavy atom. The van der Waals surface area contributed by atoms with Crippen molar-refractivity contribution in [3.63, 3.8) is 0 Å². The van der Waals surface area contributed by atoms with Crippen molar-refractivity contribution < 1.29 is 5.11 Å². The maximum atomic E-state index is 10.3. The van der Waals surface area contributed by atoms with Crippen LogP contribution < -0.4 is 0 Å². The van der Waals surface area contributed by atoms with E-state index in [0.717, 1.165) is 12.0 Å². The number of allylic oxidation sites excluding steroid dienone is 1. The number of aliphatic hydroxyl groups is 1. The molecule has 0 saturated carbocycles. The van der Waals surface area contributed by atoms with E-state index in [1.165, 1.54) is 18.4 Å². The Morgan fingerprint density at radius 3 is 2.75 bits per heavy atom. The summed E-state index contributed by atoms with van der Waals surface area (Å²) in [6.45, 7) is 6.05. The maximum Gasteiger partial charge on any atom is 0.105 e. The molecule has 0 fully saturated rings. The van der Waals surface area contributed by atoms with Crippen LogP contribution in [0.1, 0.15) is 44.2 Å². The number of hydrogen-bond donors (Lipinski definition) is 1. The fraction of sp³-hybridized carbons (Fsp3) is 0.467. The van der Waals surface area contributed by atoms with Gasteiger partial charge in [0.2, 0.25) is 0 Å². The van der Waals surface area contributed by atoms with Gasteiger partial charge in [0.15, 0.2) is 0 Å². The zero-order valence-corrected chi connectivity index (χ0v) is 10.5. The lowest BCUT2D eigenvalue weighted by Gasteiger charge is -2.20. The van der Waals surface area contributed by atoms with E-state index < -0.39 is 5.60 Å². The van der Waals surface area contributed by atoms with Crippen molar-refractivity contribution in [1.82, 2.24) is 0 Å². The van der Waals surface area contributed by atoms with Crippen LogP contribution in [0.4, 0.5) is 0 Å². The largest absolute Gasteiger partial charge is 0.381 e. The summed E-state index contributed by atoms with van der Waals surface area (Å²) < 4.78 is 0. The van der Waals surface area contributed by atoms with Crippen LogP contribution in [0.3, 0.4) is 0 Å². The van der Waals surface area contributed by atoms with Gasteiger partial charge in [-0.05, 0) is 25.8 Å². The van der Waals surface area contributed by atoms with Gasteiger partial charge < -0.3 is 5.11 Å². The molecule has 1 aromatic carbocycles. The lowest BCUT2D eigenvalue weighted by atomic mass is 9.94. The molecular weight excluding hydrogens is 196 g/mol. The first-order chi connectivity index (χ1) is 7.56. The smallest absolute Gasteiger partial charge is 0.105 e. The third-order valence-corrected chi connectivity index (χ3v) is 2.77. The highest BCUT2D eigenvalue weighted by Crippen LogP contribution is 2.23. The van der Waals surface area contributed by atoms with Crippen LogP contribution in [0.2, 0.25) is 0 Å². The summed E-state index contributed by atoms with van der Waals surface area (Å²) >= 11 is 0. The van der Waals surface area contributed by atoms with Gasteiger partial charge in [-0.3, -0.25) is 0 Å². The minimum absolute atomic E-state index is 0.847. The molecule has 0 saturated heterocycles. The summed E-state index contributed by atoms with van der Waals surface area (Å²) in [6.07, 6.45) is 7.39. The van der Waals surface area contributed by atoms with Crippen LogP contribution in [0, 0.1) is 6.92 Å². The van der Waals surface area contributed by atoms with E-state index in [-0.39, 0.29) is 0 Å². The van der Waals surface area contributed by atoms with Crippen molar-refractivity contribution >= 4 is 0 Å². The van der Waals surface area contributed by atoms with Crippen LogP contribution in [-0.2, 0) is 5.60 Å². The number of unbranched alkanes of at least 4 members (excludes halogenated alkanes) is 2. The second-order valence-electron chi connectivity index (χ2n) is 4.56. The molecule has 0 aromatic heterocycles. The molecule has 1 unspecified atom stereocenters. The molecule has 16 heavy (non-hydrogen) atoms. The number of hydrogen-bond acceptors (Lipinski definition) is 1. The summed E-state index contributed by atoms with van der Waals surface area (Å²) in [7, 11) is 0. The molecule has 0 amide bonds. The molecule has 0 aliphatic carbocycles. The van der Waals surface area contributed by atoms with Crippen molar-refractivity contribution in [2.75, 3.05) is 0 Å². The molecule has 0 aliphatic rings.